The van der Waals surface area contributed by atoms with Crippen molar-refractivity contribution in [3.63, 3.8) is 0 Å². The second-order valence-corrected chi connectivity index (χ2v) is 3.89. The van der Waals surface area contributed by atoms with Crippen LogP contribution in [0.5, 0.6) is 0 Å². The van der Waals surface area contributed by atoms with E-state index in [0.717, 1.165) is 19.3 Å². The van der Waals surface area contributed by atoms with Crippen LogP contribution < -0.4 is 11.1 Å². The van der Waals surface area contributed by atoms with Gasteiger partial charge in [-0.3, -0.25) is 9.59 Å². The minimum atomic E-state index is -0.991. The third kappa shape index (κ3) is 8.23. The molecule has 1 amide bonds. The highest BCUT2D eigenvalue weighted by molar-refractivity contribution is 5.75. The molecule has 0 saturated heterocycles. The lowest BCUT2D eigenvalue weighted by atomic mass is 10.1. The van der Waals surface area contributed by atoms with E-state index in [1.54, 1.807) is 0 Å². The van der Waals surface area contributed by atoms with Crippen molar-refractivity contribution in [2.45, 2.75) is 51.5 Å². The summed E-state index contributed by atoms with van der Waals surface area (Å²) in [5.41, 5.74) is 5.32. The Morgan fingerprint density at radius 1 is 1.31 bits per heavy atom. The summed E-state index contributed by atoms with van der Waals surface area (Å²) in [4.78, 5) is 21.6. The molecule has 16 heavy (non-hydrogen) atoms. The SMILES string of the molecule is CCCCCC(=O)NCCCC(N)C(=O)O. The van der Waals surface area contributed by atoms with E-state index < -0.39 is 12.0 Å². The summed E-state index contributed by atoms with van der Waals surface area (Å²) < 4.78 is 0. The molecule has 0 rings (SSSR count). The smallest absolute Gasteiger partial charge is 0.320 e. The normalized spacial score (nSPS) is 12.1. The van der Waals surface area contributed by atoms with Crippen LogP contribution in [-0.2, 0) is 9.59 Å². The molecule has 0 aromatic carbocycles. The third-order valence-electron chi connectivity index (χ3n) is 2.34. The van der Waals surface area contributed by atoms with Crippen molar-refractivity contribution in [1.82, 2.24) is 5.32 Å². The molecule has 0 heterocycles. The lowest BCUT2D eigenvalue weighted by Crippen LogP contribution is -2.32. The molecule has 0 aliphatic rings. The van der Waals surface area contributed by atoms with Crippen LogP contribution in [0.2, 0.25) is 0 Å². The first kappa shape index (κ1) is 14.9. The fraction of sp³-hybridized carbons (Fsp3) is 0.818. The molecule has 0 aliphatic carbocycles. The molecule has 0 saturated carbocycles. The summed E-state index contributed by atoms with van der Waals surface area (Å²) in [5.74, 6) is -0.952. The highest BCUT2D eigenvalue weighted by Gasteiger charge is 2.10. The van der Waals surface area contributed by atoms with Crippen LogP contribution in [0.3, 0.4) is 0 Å². The van der Waals surface area contributed by atoms with Crippen molar-refractivity contribution in [2.75, 3.05) is 6.54 Å². The van der Waals surface area contributed by atoms with Crippen molar-refractivity contribution < 1.29 is 14.7 Å². The molecule has 0 bridgehead atoms. The van der Waals surface area contributed by atoms with Gasteiger partial charge in [0.15, 0.2) is 0 Å². The van der Waals surface area contributed by atoms with Gasteiger partial charge in [-0.05, 0) is 19.3 Å². The summed E-state index contributed by atoms with van der Waals surface area (Å²) in [5, 5.41) is 11.3. The first-order valence-corrected chi connectivity index (χ1v) is 5.83. The van der Waals surface area contributed by atoms with Crippen molar-refractivity contribution in [2.24, 2.45) is 5.73 Å². The number of rotatable bonds is 9. The van der Waals surface area contributed by atoms with E-state index in [2.05, 4.69) is 12.2 Å². The number of nitrogens with two attached hydrogens (primary N) is 1. The fourth-order valence-corrected chi connectivity index (χ4v) is 1.30. The van der Waals surface area contributed by atoms with Crippen molar-refractivity contribution in [1.29, 1.82) is 0 Å². The topological polar surface area (TPSA) is 92.4 Å². The summed E-state index contributed by atoms with van der Waals surface area (Å²) in [7, 11) is 0. The van der Waals surface area contributed by atoms with Gasteiger partial charge in [-0.1, -0.05) is 19.8 Å². The Balaban J connectivity index is 3.37. The second-order valence-electron chi connectivity index (χ2n) is 3.89. The number of unbranched alkanes of at least 4 members (excludes halogenated alkanes) is 2. The Morgan fingerprint density at radius 2 is 2.00 bits per heavy atom. The monoisotopic (exact) mass is 230 g/mol. The Morgan fingerprint density at radius 3 is 2.56 bits per heavy atom. The van der Waals surface area contributed by atoms with E-state index in [0.29, 0.717) is 25.8 Å². The van der Waals surface area contributed by atoms with Gasteiger partial charge in [0, 0.05) is 13.0 Å². The van der Waals surface area contributed by atoms with E-state index in [9.17, 15) is 9.59 Å². The molecule has 94 valence electrons. The highest BCUT2D eigenvalue weighted by atomic mass is 16.4. The van der Waals surface area contributed by atoms with E-state index in [4.69, 9.17) is 10.8 Å². The van der Waals surface area contributed by atoms with Gasteiger partial charge in [-0.25, -0.2) is 0 Å². The van der Waals surface area contributed by atoms with Crippen LogP contribution in [0, 0.1) is 0 Å². The predicted molar refractivity (Wildman–Crippen MR) is 62.0 cm³/mol. The molecule has 0 spiro atoms. The number of carbonyl (C=O) groups excluding carboxylic acids is 1. The molecule has 0 radical (unpaired) electrons. The summed E-state index contributed by atoms with van der Waals surface area (Å²) >= 11 is 0. The van der Waals surface area contributed by atoms with Gasteiger partial charge in [0.2, 0.25) is 5.91 Å². The van der Waals surface area contributed by atoms with E-state index in [-0.39, 0.29) is 5.91 Å². The molecule has 0 aromatic rings. The molecule has 0 aromatic heterocycles. The van der Waals surface area contributed by atoms with Gasteiger partial charge >= 0.3 is 5.97 Å². The minimum Gasteiger partial charge on any atom is -0.480 e. The number of amides is 1. The summed E-state index contributed by atoms with van der Waals surface area (Å²) in [6.45, 7) is 2.59. The van der Waals surface area contributed by atoms with Gasteiger partial charge in [-0.2, -0.15) is 0 Å². The fourth-order valence-electron chi connectivity index (χ4n) is 1.30. The zero-order valence-corrected chi connectivity index (χ0v) is 9.87. The maximum Gasteiger partial charge on any atom is 0.320 e. The predicted octanol–water partition coefficient (Wildman–Crippen LogP) is 0.875. The molecular weight excluding hydrogens is 208 g/mol. The second kappa shape index (κ2) is 9.15. The van der Waals surface area contributed by atoms with Crippen molar-refractivity contribution in [3.05, 3.63) is 0 Å². The van der Waals surface area contributed by atoms with Gasteiger partial charge in [0.1, 0.15) is 6.04 Å². The molecule has 1 unspecified atom stereocenters. The average molecular weight is 230 g/mol. The van der Waals surface area contributed by atoms with Crippen LogP contribution in [0.1, 0.15) is 45.4 Å². The number of aliphatic carboxylic acids is 1. The zero-order valence-electron chi connectivity index (χ0n) is 9.87. The number of carbonyl (C=O) groups is 2. The van der Waals surface area contributed by atoms with Gasteiger partial charge in [0.05, 0.1) is 0 Å². The Labute approximate surface area is 96.4 Å². The lowest BCUT2D eigenvalue weighted by molar-refractivity contribution is -0.138. The first-order valence-electron chi connectivity index (χ1n) is 5.83. The van der Waals surface area contributed by atoms with Crippen LogP contribution in [0.15, 0.2) is 0 Å². The number of hydrogen-bond donors (Lipinski definition) is 3. The first-order chi connectivity index (χ1) is 7.57. The standard InChI is InChI=1S/C11H22N2O3/c1-2-3-4-7-10(14)13-8-5-6-9(12)11(15)16/h9H,2-8,12H2,1H3,(H,13,14)(H,15,16). The van der Waals surface area contributed by atoms with Crippen LogP contribution >= 0.6 is 0 Å². The van der Waals surface area contributed by atoms with Crippen LogP contribution in [-0.4, -0.2) is 29.6 Å². The number of carboxylic acids is 1. The lowest BCUT2D eigenvalue weighted by Gasteiger charge is -2.07. The largest absolute Gasteiger partial charge is 0.480 e. The van der Waals surface area contributed by atoms with E-state index >= 15 is 0 Å². The van der Waals surface area contributed by atoms with Crippen LogP contribution in [0.4, 0.5) is 0 Å². The molecule has 4 N–H and O–H groups in total. The minimum absolute atomic E-state index is 0.0392. The quantitative estimate of drug-likeness (QED) is 0.512. The maximum absolute atomic E-state index is 11.2. The Kier molecular flexibility index (Phi) is 8.52. The van der Waals surface area contributed by atoms with Crippen LogP contribution in [0.25, 0.3) is 0 Å². The number of carboxylic acid groups (broad SMARTS) is 1. The zero-order chi connectivity index (χ0) is 12.4. The third-order valence-corrected chi connectivity index (χ3v) is 2.34. The molecule has 5 nitrogen and oxygen atoms in total. The number of nitrogens with one attached hydrogen (secondary N) is 1. The number of hydrogen-bond acceptors (Lipinski definition) is 3. The molecular formula is C11H22N2O3. The summed E-state index contributed by atoms with van der Waals surface area (Å²) in [6, 6.07) is -0.822. The Bertz CT molecular complexity index is 219. The van der Waals surface area contributed by atoms with Gasteiger partial charge < -0.3 is 16.2 Å². The molecule has 0 aliphatic heterocycles. The Hall–Kier alpha value is -1.10. The van der Waals surface area contributed by atoms with Crippen molar-refractivity contribution >= 4 is 11.9 Å². The maximum atomic E-state index is 11.2. The van der Waals surface area contributed by atoms with E-state index in [1.165, 1.54) is 0 Å². The average Bonchev–Trinajstić information content (AvgIpc) is 2.24. The van der Waals surface area contributed by atoms with E-state index in [1.807, 2.05) is 0 Å². The molecule has 0 fully saturated rings. The van der Waals surface area contributed by atoms with Crippen molar-refractivity contribution in [3.8, 4) is 0 Å². The van der Waals surface area contributed by atoms with Gasteiger partial charge in [-0.15, -0.1) is 0 Å². The molecule has 1 atom stereocenters. The van der Waals surface area contributed by atoms with Gasteiger partial charge in [0.25, 0.3) is 0 Å². The molecule has 5 heteroatoms. The highest BCUT2D eigenvalue weighted by Crippen LogP contribution is 1.99. The summed E-state index contributed by atoms with van der Waals surface area (Å²) in [6.07, 6.45) is 4.63.